The predicted octanol–water partition coefficient (Wildman–Crippen LogP) is 0.904. The molecule has 0 aromatic carbocycles. The zero-order chi connectivity index (χ0) is 15.4. The maximum Gasteiger partial charge on any atom is 0.287 e. The highest BCUT2D eigenvalue weighted by atomic mass is 16.3. The summed E-state index contributed by atoms with van der Waals surface area (Å²) in [6.45, 7) is 6.00. The van der Waals surface area contributed by atoms with Crippen LogP contribution in [-0.4, -0.2) is 42.4 Å². The van der Waals surface area contributed by atoms with Gasteiger partial charge in [-0.05, 0) is 51.8 Å². The molecule has 21 heavy (non-hydrogen) atoms. The van der Waals surface area contributed by atoms with Crippen molar-refractivity contribution in [3.63, 3.8) is 0 Å². The second kappa shape index (κ2) is 6.76. The summed E-state index contributed by atoms with van der Waals surface area (Å²) >= 11 is 0. The predicted molar refractivity (Wildman–Crippen MR) is 78.7 cm³/mol. The van der Waals surface area contributed by atoms with Crippen LogP contribution in [0.4, 0.5) is 0 Å². The van der Waals surface area contributed by atoms with Crippen LogP contribution in [0, 0.1) is 12.8 Å². The highest BCUT2D eigenvalue weighted by molar-refractivity contribution is 5.92. The Morgan fingerprint density at radius 1 is 1.48 bits per heavy atom. The average molecular weight is 293 g/mol. The summed E-state index contributed by atoms with van der Waals surface area (Å²) in [5, 5.41) is 2.92. The number of carbonyl (C=O) groups is 2. The lowest BCUT2D eigenvalue weighted by Gasteiger charge is -2.34. The highest BCUT2D eigenvalue weighted by Gasteiger charge is 2.25. The molecule has 0 saturated carbocycles. The number of hydrogen-bond donors (Lipinski definition) is 2. The fourth-order valence-electron chi connectivity index (χ4n) is 2.65. The number of hydrogen-bond acceptors (Lipinski definition) is 4. The summed E-state index contributed by atoms with van der Waals surface area (Å²) < 4.78 is 5.17. The van der Waals surface area contributed by atoms with Gasteiger partial charge in [-0.3, -0.25) is 14.5 Å². The number of primary amides is 1. The third-order valence-electron chi connectivity index (χ3n) is 4.23. The maximum atomic E-state index is 12.0. The molecule has 1 aromatic rings. The molecule has 0 aliphatic carbocycles. The van der Waals surface area contributed by atoms with Gasteiger partial charge < -0.3 is 15.5 Å². The molecule has 1 unspecified atom stereocenters. The first kappa shape index (κ1) is 15.6. The number of carbonyl (C=O) groups excluding carboxylic acids is 2. The lowest BCUT2D eigenvalue weighted by molar-refractivity contribution is -0.123. The molecule has 0 spiro atoms. The van der Waals surface area contributed by atoms with E-state index in [9.17, 15) is 9.59 Å². The topological polar surface area (TPSA) is 88.6 Å². The van der Waals surface area contributed by atoms with Crippen LogP contribution in [0.5, 0.6) is 0 Å². The molecule has 2 heterocycles. The van der Waals surface area contributed by atoms with Crippen LogP contribution < -0.4 is 11.1 Å². The van der Waals surface area contributed by atoms with Gasteiger partial charge >= 0.3 is 0 Å². The molecule has 0 radical (unpaired) electrons. The van der Waals surface area contributed by atoms with E-state index >= 15 is 0 Å². The van der Waals surface area contributed by atoms with E-state index in [1.807, 2.05) is 13.8 Å². The van der Waals surface area contributed by atoms with Crippen molar-refractivity contribution in [1.82, 2.24) is 10.2 Å². The maximum absolute atomic E-state index is 12.0. The number of amides is 2. The molecule has 6 heteroatoms. The number of piperidine rings is 1. The lowest BCUT2D eigenvalue weighted by atomic mass is 9.95. The second-order valence-electron chi connectivity index (χ2n) is 5.70. The second-order valence-corrected chi connectivity index (χ2v) is 5.70. The van der Waals surface area contributed by atoms with Gasteiger partial charge in [0.25, 0.3) is 5.91 Å². The number of aryl methyl sites for hydroxylation is 1. The summed E-state index contributed by atoms with van der Waals surface area (Å²) in [7, 11) is 0. The van der Waals surface area contributed by atoms with Crippen LogP contribution in [0.2, 0.25) is 0 Å². The van der Waals surface area contributed by atoms with E-state index < -0.39 is 0 Å². The minimum Gasteiger partial charge on any atom is -0.459 e. The zero-order valence-electron chi connectivity index (χ0n) is 12.6. The molecule has 1 saturated heterocycles. The van der Waals surface area contributed by atoms with Crippen LogP contribution >= 0.6 is 0 Å². The normalized spacial score (nSPS) is 18.4. The fraction of sp³-hybridized carbons (Fsp3) is 0.600. The summed E-state index contributed by atoms with van der Waals surface area (Å²) in [4.78, 5) is 25.2. The van der Waals surface area contributed by atoms with E-state index in [-0.39, 0.29) is 17.9 Å². The van der Waals surface area contributed by atoms with Gasteiger partial charge in [-0.25, -0.2) is 0 Å². The number of nitrogens with one attached hydrogen (secondary N) is 1. The monoisotopic (exact) mass is 293 g/mol. The van der Waals surface area contributed by atoms with Gasteiger partial charge in [0.1, 0.15) is 0 Å². The summed E-state index contributed by atoms with van der Waals surface area (Å²) in [5.41, 5.74) is 6.17. The van der Waals surface area contributed by atoms with E-state index in [1.165, 1.54) is 6.26 Å². The first-order valence-corrected chi connectivity index (χ1v) is 7.34. The molecule has 3 N–H and O–H groups in total. The quantitative estimate of drug-likeness (QED) is 0.844. The van der Waals surface area contributed by atoms with Crippen molar-refractivity contribution in [2.24, 2.45) is 11.7 Å². The third-order valence-corrected chi connectivity index (χ3v) is 4.23. The number of nitrogens with two attached hydrogens (primary N) is 1. The van der Waals surface area contributed by atoms with Gasteiger partial charge in [-0.1, -0.05) is 0 Å². The Morgan fingerprint density at radius 3 is 2.67 bits per heavy atom. The standard InChI is InChI=1S/C15H23N3O3/c1-10-5-8-21-13(10)15(20)17-9-12-3-6-18(7-4-12)11(2)14(16)19/h5,8,11-12H,3-4,6-7,9H2,1-2H3,(H2,16,19)(H,17,20). The Kier molecular flexibility index (Phi) is 5.01. The summed E-state index contributed by atoms with van der Waals surface area (Å²) in [6.07, 6.45) is 3.43. The van der Waals surface area contributed by atoms with Crippen LogP contribution in [0.15, 0.2) is 16.7 Å². The Balaban J connectivity index is 1.75. The lowest BCUT2D eigenvalue weighted by Crippen LogP contribution is -2.47. The molecule has 1 aliphatic heterocycles. The molecule has 116 valence electrons. The largest absolute Gasteiger partial charge is 0.459 e. The van der Waals surface area contributed by atoms with Crippen molar-refractivity contribution in [2.75, 3.05) is 19.6 Å². The van der Waals surface area contributed by atoms with Crippen molar-refractivity contribution < 1.29 is 14.0 Å². The van der Waals surface area contributed by atoms with E-state index in [0.717, 1.165) is 31.5 Å². The molecule has 2 amide bonds. The first-order valence-electron chi connectivity index (χ1n) is 7.34. The SMILES string of the molecule is Cc1ccoc1C(=O)NCC1CCN(C(C)C(N)=O)CC1. The molecule has 1 aromatic heterocycles. The average Bonchev–Trinajstić information content (AvgIpc) is 2.90. The molecule has 6 nitrogen and oxygen atoms in total. The first-order chi connectivity index (χ1) is 9.99. The van der Waals surface area contributed by atoms with E-state index in [1.54, 1.807) is 6.07 Å². The number of furan rings is 1. The fourth-order valence-corrected chi connectivity index (χ4v) is 2.65. The Morgan fingerprint density at radius 2 is 2.14 bits per heavy atom. The highest BCUT2D eigenvalue weighted by Crippen LogP contribution is 2.18. The zero-order valence-corrected chi connectivity index (χ0v) is 12.6. The van der Waals surface area contributed by atoms with Crippen LogP contribution in [0.1, 0.15) is 35.9 Å². The van der Waals surface area contributed by atoms with Gasteiger partial charge in [0.15, 0.2) is 5.76 Å². The molecule has 2 rings (SSSR count). The number of rotatable bonds is 5. The van der Waals surface area contributed by atoms with Crippen molar-refractivity contribution in [3.8, 4) is 0 Å². The molecule has 0 bridgehead atoms. The van der Waals surface area contributed by atoms with E-state index in [4.69, 9.17) is 10.2 Å². The molecule has 1 fully saturated rings. The third kappa shape index (κ3) is 3.85. The van der Waals surface area contributed by atoms with Crippen molar-refractivity contribution in [3.05, 3.63) is 23.7 Å². The van der Waals surface area contributed by atoms with E-state index in [0.29, 0.717) is 18.2 Å². The van der Waals surface area contributed by atoms with Crippen LogP contribution in [-0.2, 0) is 4.79 Å². The van der Waals surface area contributed by atoms with Crippen LogP contribution in [0.25, 0.3) is 0 Å². The summed E-state index contributed by atoms with van der Waals surface area (Å²) in [5.74, 6) is 0.371. The molecule has 1 aliphatic rings. The minimum atomic E-state index is -0.282. The van der Waals surface area contributed by atoms with Gasteiger partial charge in [-0.15, -0.1) is 0 Å². The van der Waals surface area contributed by atoms with Gasteiger partial charge in [-0.2, -0.15) is 0 Å². The van der Waals surface area contributed by atoms with Crippen molar-refractivity contribution >= 4 is 11.8 Å². The molecular weight excluding hydrogens is 270 g/mol. The van der Waals surface area contributed by atoms with Crippen LogP contribution in [0.3, 0.4) is 0 Å². The van der Waals surface area contributed by atoms with Gasteiger partial charge in [0.2, 0.25) is 5.91 Å². The van der Waals surface area contributed by atoms with E-state index in [2.05, 4.69) is 10.2 Å². The van der Waals surface area contributed by atoms with Gasteiger partial charge in [0.05, 0.1) is 12.3 Å². The molecular formula is C15H23N3O3. The Hall–Kier alpha value is -1.82. The Labute approximate surface area is 124 Å². The molecule has 1 atom stereocenters. The summed E-state index contributed by atoms with van der Waals surface area (Å²) in [6, 6.07) is 1.56. The minimum absolute atomic E-state index is 0.162. The number of likely N-dealkylation sites (tertiary alicyclic amines) is 1. The van der Waals surface area contributed by atoms with Crippen molar-refractivity contribution in [2.45, 2.75) is 32.7 Å². The van der Waals surface area contributed by atoms with Crippen molar-refractivity contribution in [1.29, 1.82) is 0 Å². The van der Waals surface area contributed by atoms with Gasteiger partial charge in [0, 0.05) is 12.1 Å². The Bertz CT molecular complexity index is 504. The smallest absolute Gasteiger partial charge is 0.287 e. The number of nitrogens with zero attached hydrogens (tertiary/aromatic N) is 1.